The monoisotopic (exact) mass is 406 g/mol. The summed E-state index contributed by atoms with van der Waals surface area (Å²) in [4.78, 5) is 26.4. The van der Waals surface area contributed by atoms with Gasteiger partial charge in [0.05, 0.1) is 12.2 Å². The van der Waals surface area contributed by atoms with Gasteiger partial charge in [-0.05, 0) is 5.56 Å². The summed E-state index contributed by atoms with van der Waals surface area (Å²) < 4.78 is 0. The first-order chi connectivity index (χ1) is 14.0. The third kappa shape index (κ3) is 3.96. The van der Waals surface area contributed by atoms with Crippen LogP contribution in [0.4, 0.5) is 5.82 Å². The molecule has 1 aliphatic rings. The molecule has 148 valence electrons. The van der Waals surface area contributed by atoms with Gasteiger partial charge in [-0.1, -0.05) is 60.7 Å². The Hall–Kier alpha value is -2.92. The highest BCUT2D eigenvalue weighted by Gasteiger charge is 2.30. The van der Waals surface area contributed by atoms with E-state index in [4.69, 9.17) is 21.6 Å². The Labute approximate surface area is 176 Å². The first-order valence-corrected chi connectivity index (χ1v) is 10.1. The smallest absolute Gasteiger partial charge is 0.245 e. The van der Waals surface area contributed by atoms with Gasteiger partial charge < -0.3 is 9.80 Å². The number of carbonyl (C=O) groups excluding carboxylic acids is 1. The minimum absolute atomic E-state index is 0.0830. The molecule has 0 radical (unpaired) electrons. The number of benzene rings is 2. The molecular formula is C23H23ClN4O. The Morgan fingerprint density at radius 3 is 2.34 bits per heavy atom. The van der Waals surface area contributed by atoms with Crippen LogP contribution in [0.1, 0.15) is 22.2 Å². The van der Waals surface area contributed by atoms with Crippen molar-refractivity contribution in [2.75, 3.05) is 25.5 Å². The summed E-state index contributed by atoms with van der Waals surface area (Å²) in [6, 6.07) is 19.4. The number of anilines is 1. The molecule has 0 saturated heterocycles. The molecule has 1 amide bonds. The number of rotatable bonds is 4. The molecule has 1 aliphatic heterocycles. The number of hydrogen-bond donors (Lipinski definition) is 0. The lowest BCUT2D eigenvalue weighted by molar-refractivity contribution is -0.131. The zero-order chi connectivity index (χ0) is 20.4. The van der Waals surface area contributed by atoms with Crippen LogP contribution in [0.3, 0.4) is 0 Å². The molecule has 1 aromatic heterocycles. The summed E-state index contributed by atoms with van der Waals surface area (Å²) in [7, 11) is 3.93. The SMILES string of the molecule is CN(C)c1nc(-c2ccccc2)nc2c1CN(C(=O)[C@H](Cl)c1ccccc1)CC2. The minimum Gasteiger partial charge on any atom is -0.362 e. The average Bonchev–Trinajstić information content (AvgIpc) is 2.78. The highest BCUT2D eigenvalue weighted by molar-refractivity contribution is 6.30. The predicted molar refractivity (Wildman–Crippen MR) is 116 cm³/mol. The van der Waals surface area contributed by atoms with Crippen molar-refractivity contribution < 1.29 is 4.79 Å². The van der Waals surface area contributed by atoms with Crippen LogP contribution < -0.4 is 4.90 Å². The normalized spacial score (nSPS) is 14.2. The first-order valence-electron chi connectivity index (χ1n) is 9.65. The summed E-state index contributed by atoms with van der Waals surface area (Å²) in [5, 5.41) is -0.690. The van der Waals surface area contributed by atoms with E-state index in [2.05, 4.69) is 0 Å². The number of nitrogens with zero attached hydrogens (tertiary/aromatic N) is 4. The molecule has 5 nitrogen and oxygen atoms in total. The van der Waals surface area contributed by atoms with E-state index >= 15 is 0 Å². The summed E-state index contributed by atoms with van der Waals surface area (Å²) >= 11 is 6.49. The van der Waals surface area contributed by atoms with Crippen LogP contribution in [0.15, 0.2) is 60.7 Å². The highest BCUT2D eigenvalue weighted by atomic mass is 35.5. The van der Waals surface area contributed by atoms with E-state index in [-0.39, 0.29) is 5.91 Å². The molecule has 0 bridgehead atoms. The Morgan fingerprint density at radius 1 is 1.03 bits per heavy atom. The van der Waals surface area contributed by atoms with Gasteiger partial charge >= 0.3 is 0 Å². The van der Waals surface area contributed by atoms with Crippen LogP contribution >= 0.6 is 11.6 Å². The van der Waals surface area contributed by atoms with E-state index in [0.717, 1.165) is 28.2 Å². The molecule has 0 aliphatic carbocycles. The molecule has 2 heterocycles. The van der Waals surface area contributed by atoms with E-state index in [1.54, 1.807) is 0 Å². The van der Waals surface area contributed by atoms with Gasteiger partial charge in [0.15, 0.2) is 5.82 Å². The molecule has 0 fully saturated rings. The van der Waals surface area contributed by atoms with E-state index < -0.39 is 5.38 Å². The van der Waals surface area contributed by atoms with Crippen LogP contribution in [-0.2, 0) is 17.8 Å². The molecular weight excluding hydrogens is 384 g/mol. The van der Waals surface area contributed by atoms with E-state index in [1.165, 1.54) is 0 Å². The molecule has 1 atom stereocenters. The zero-order valence-corrected chi connectivity index (χ0v) is 17.3. The van der Waals surface area contributed by atoms with Crippen molar-refractivity contribution in [3.63, 3.8) is 0 Å². The highest BCUT2D eigenvalue weighted by Crippen LogP contribution is 2.31. The lowest BCUT2D eigenvalue weighted by Crippen LogP contribution is -2.39. The van der Waals surface area contributed by atoms with E-state index in [1.807, 2.05) is 84.6 Å². The zero-order valence-electron chi connectivity index (χ0n) is 16.5. The molecule has 0 N–H and O–H groups in total. The van der Waals surface area contributed by atoms with Gasteiger partial charge in [-0.15, -0.1) is 11.6 Å². The molecule has 2 aromatic carbocycles. The topological polar surface area (TPSA) is 49.3 Å². The van der Waals surface area contributed by atoms with Crippen molar-refractivity contribution in [1.29, 1.82) is 0 Å². The third-order valence-corrected chi connectivity index (χ3v) is 5.55. The van der Waals surface area contributed by atoms with Gasteiger partial charge in [0, 0.05) is 38.2 Å². The molecule has 6 heteroatoms. The molecule has 3 aromatic rings. The predicted octanol–water partition coefficient (Wildman–Crippen LogP) is 4.07. The largest absolute Gasteiger partial charge is 0.362 e. The van der Waals surface area contributed by atoms with Crippen LogP contribution in [0.2, 0.25) is 0 Å². The third-order valence-electron chi connectivity index (χ3n) is 5.11. The summed E-state index contributed by atoms with van der Waals surface area (Å²) in [5.41, 5.74) is 3.79. The number of alkyl halides is 1. The second-order valence-corrected chi connectivity index (χ2v) is 7.78. The summed E-state index contributed by atoms with van der Waals surface area (Å²) in [5.74, 6) is 1.48. The van der Waals surface area contributed by atoms with Crippen molar-refractivity contribution in [2.45, 2.75) is 18.3 Å². The number of amides is 1. The van der Waals surface area contributed by atoms with Crippen LogP contribution in [0.25, 0.3) is 11.4 Å². The van der Waals surface area contributed by atoms with Gasteiger partial charge in [-0.3, -0.25) is 4.79 Å². The molecule has 0 unspecified atom stereocenters. The number of halogens is 1. The lowest BCUT2D eigenvalue weighted by Gasteiger charge is -2.32. The number of fused-ring (bicyclic) bond motifs is 1. The lowest BCUT2D eigenvalue weighted by atomic mass is 10.0. The van der Waals surface area contributed by atoms with Crippen molar-refractivity contribution >= 4 is 23.3 Å². The molecule has 0 spiro atoms. The maximum atomic E-state index is 13.0. The quantitative estimate of drug-likeness (QED) is 0.613. The number of hydrogen-bond acceptors (Lipinski definition) is 4. The fourth-order valence-electron chi connectivity index (χ4n) is 3.60. The summed E-state index contributed by atoms with van der Waals surface area (Å²) in [6.45, 7) is 1.06. The van der Waals surface area contributed by atoms with E-state index in [9.17, 15) is 4.79 Å². The van der Waals surface area contributed by atoms with Gasteiger partial charge in [-0.2, -0.15) is 0 Å². The van der Waals surface area contributed by atoms with Gasteiger partial charge in [0.2, 0.25) is 5.91 Å². The number of aromatic nitrogens is 2. The number of carbonyl (C=O) groups is 1. The maximum absolute atomic E-state index is 13.0. The van der Waals surface area contributed by atoms with Gasteiger partial charge in [0.25, 0.3) is 0 Å². The Balaban J connectivity index is 1.64. The minimum atomic E-state index is -0.690. The summed E-state index contributed by atoms with van der Waals surface area (Å²) in [6.07, 6.45) is 0.683. The molecule has 0 saturated carbocycles. The van der Waals surface area contributed by atoms with Crippen LogP contribution in [0.5, 0.6) is 0 Å². The first kappa shape index (κ1) is 19.4. The van der Waals surface area contributed by atoms with Crippen molar-refractivity contribution in [3.8, 4) is 11.4 Å². The maximum Gasteiger partial charge on any atom is 0.245 e. The Kier molecular flexibility index (Phi) is 5.49. The van der Waals surface area contributed by atoms with Crippen molar-refractivity contribution in [1.82, 2.24) is 14.9 Å². The second kappa shape index (κ2) is 8.21. The molecule has 4 rings (SSSR count). The van der Waals surface area contributed by atoms with Crippen molar-refractivity contribution in [2.24, 2.45) is 0 Å². The van der Waals surface area contributed by atoms with Crippen LogP contribution in [0, 0.1) is 0 Å². The van der Waals surface area contributed by atoms with E-state index in [0.29, 0.717) is 25.3 Å². The van der Waals surface area contributed by atoms with Crippen LogP contribution in [-0.4, -0.2) is 41.4 Å². The van der Waals surface area contributed by atoms with Gasteiger partial charge in [0.1, 0.15) is 11.2 Å². The fraction of sp³-hybridized carbons (Fsp3) is 0.261. The standard InChI is InChI=1S/C23H23ClN4O/c1-27(2)22-18-15-28(23(29)20(24)16-9-5-3-6-10-16)14-13-19(18)25-21(26-22)17-11-7-4-8-12-17/h3-12,20H,13-15H2,1-2H3/t20-/m1/s1. The second-order valence-electron chi connectivity index (χ2n) is 7.34. The fourth-order valence-corrected chi connectivity index (χ4v) is 3.88. The average molecular weight is 407 g/mol. The Bertz CT molecular complexity index is 1010. The van der Waals surface area contributed by atoms with Crippen molar-refractivity contribution in [3.05, 3.63) is 77.5 Å². The van der Waals surface area contributed by atoms with Gasteiger partial charge in [-0.25, -0.2) is 9.97 Å². The molecule has 29 heavy (non-hydrogen) atoms. The Morgan fingerprint density at radius 2 is 1.69 bits per heavy atom.